The van der Waals surface area contributed by atoms with Crippen LogP contribution in [0.5, 0.6) is 5.75 Å². The minimum absolute atomic E-state index is 0.0373. The van der Waals surface area contributed by atoms with Crippen molar-refractivity contribution >= 4 is 23.0 Å². The number of aromatic nitrogens is 1. The largest absolute Gasteiger partial charge is 0.489 e. The van der Waals surface area contributed by atoms with E-state index in [0.29, 0.717) is 23.7 Å². The molecule has 1 aromatic heterocycles. The highest BCUT2D eigenvalue weighted by Crippen LogP contribution is 2.31. The normalized spacial score (nSPS) is 15.9. The first kappa shape index (κ1) is 24.2. The Morgan fingerprint density at radius 1 is 1.23 bits per heavy atom. The third-order valence-corrected chi connectivity index (χ3v) is 5.79. The number of carbonyl (C=O) groups excluding carboxylic acids is 1. The smallest absolute Gasteiger partial charge is 0.293 e. The summed E-state index contributed by atoms with van der Waals surface area (Å²) in [5, 5.41) is 17.7. The number of rotatable bonds is 9. The number of hydrogen-bond donors (Lipinski definition) is 2. The number of nitrogens with one attached hydrogen (secondary N) is 2. The highest BCUT2D eigenvalue weighted by atomic mass is 16.6. The van der Waals surface area contributed by atoms with Crippen LogP contribution in [0.3, 0.4) is 0 Å². The molecule has 9 heteroatoms. The molecule has 182 valence electrons. The average Bonchev–Trinajstić information content (AvgIpc) is 3.38. The van der Waals surface area contributed by atoms with Crippen LogP contribution in [-0.2, 0) is 4.74 Å². The highest BCUT2D eigenvalue weighted by molar-refractivity contribution is 6.05. The van der Waals surface area contributed by atoms with E-state index in [9.17, 15) is 14.9 Å². The van der Waals surface area contributed by atoms with Gasteiger partial charge >= 0.3 is 0 Å². The maximum absolute atomic E-state index is 13.0. The van der Waals surface area contributed by atoms with Gasteiger partial charge in [0, 0.05) is 24.4 Å². The Morgan fingerprint density at radius 3 is 2.77 bits per heavy atom. The molecule has 3 aromatic rings. The lowest BCUT2D eigenvalue weighted by Gasteiger charge is -2.17. The van der Waals surface area contributed by atoms with Crippen molar-refractivity contribution in [3.8, 4) is 5.75 Å². The molecule has 1 amide bonds. The van der Waals surface area contributed by atoms with Crippen LogP contribution in [0.1, 0.15) is 47.4 Å². The molecule has 35 heavy (non-hydrogen) atoms. The van der Waals surface area contributed by atoms with Crippen molar-refractivity contribution < 1.29 is 19.2 Å². The van der Waals surface area contributed by atoms with Gasteiger partial charge in [-0.25, -0.2) is 0 Å². The standard InChI is InChI=1S/C26H28N4O5/c1-17-8-10-23(25(14-17)35-16-20-6-5-13-34-20)29-26(31)19-9-11-22(24(15-19)30(32)33)28-18(2)21-7-3-4-12-27-21/h3-4,7-12,14-15,18,20,28H,5-6,13,16H2,1-2H3,(H,29,31). The van der Waals surface area contributed by atoms with Crippen LogP contribution in [0.2, 0.25) is 0 Å². The van der Waals surface area contributed by atoms with Crippen molar-refractivity contribution in [1.29, 1.82) is 0 Å². The third-order valence-electron chi connectivity index (χ3n) is 5.79. The Labute approximate surface area is 203 Å². The second-order valence-corrected chi connectivity index (χ2v) is 8.51. The molecule has 1 aliphatic heterocycles. The molecular formula is C26H28N4O5. The first-order valence-electron chi connectivity index (χ1n) is 11.5. The number of benzene rings is 2. The van der Waals surface area contributed by atoms with Gasteiger partial charge in [-0.2, -0.15) is 0 Å². The van der Waals surface area contributed by atoms with Crippen molar-refractivity contribution in [2.75, 3.05) is 23.8 Å². The number of carbonyl (C=O) groups is 1. The number of hydrogen-bond acceptors (Lipinski definition) is 7. The van der Waals surface area contributed by atoms with Crippen molar-refractivity contribution in [3.63, 3.8) is 0 Å². The molecule has 2 N–H and O–H groups in total. The van der Waals surface area contributed by atoms with Gasteiger partial charge in [-0.15, -0.1) is 0 Å². The SMILES string of the molecule is Cc1ccc(NC(=O)c2ccc(NC(C)c3ccccn3)c([N+](=O)[O-])c2)c(OCC2CCCO2)c1. The summed E-state index contributed by atoms with van der Waals surface area (Å²) in [6, 6.07) is 15.1. The maximum atomic E-state index is 13.0. The summed E-state index contributed by atoms with van der Waals surface area (Å²) in [5.74, 6) is 0.0640. The Kier molecular flexibility index (Phi) is 7.57. The molecule has 0 bridgehead atoms. The van der Waals surface area contributed by atoms with Crippen LogP contribution in [0, 0.1) is 17.0 Å². The molecule has 9 nitrogen and oxygen atoms in total. The van der Waals surface area contributed by atoms with Gasteiger partial charge in [0.1, 0.15) is 18.0 Å². The Morgan fingerprint density at radius 2 is 2.06 bits per heavy atom. The topological polar surface area (TPSA) is 116 Å². The van der Waals surface area contributed by atoms with Gasteiger partial charge in [0.15, 0.2) is 0 Å². The maximum Gasteiger partial charge on any atom is 0.293 e. The number of ether oxygens (including phenoxy) is 2. The first-order valence-corrected chi connectivity index (χ1v) is 11.5. The van der Waals surface area contributed by atoms with Crippen LogP contribution in [0.25, 0.3) is 0 Å². The van der Waals surface area contributed by atoms with E-state index in [1.165, 1.54) is 12.1 Å². The predicted molar refractivity (Wildman–Crippen MR) is 133 cm³/mol. The van der Waals surface area contributed by atoms with E-state index < -0.39 is 10.8 Å². The molecule has 2 unspecified atom stereocenters. The summed E-state index contributed by atoms with van der Waals surface area (Å²) in [6.07, 6.45) is 3.65. The molecule has 2 atom stereocenters. The summed E-state index contributed by atoms with van der Waals surface area (Å²) in [6.45, 7) is 4.93. The van der Waals surface area contributed by atoms with Crippen molar-refractivity contribution in [2.45, 2.75) is 38.8 Å². The van der Waals surface area contributed by atoms with E-state index in [2.05, 4.69) is 15.6 Å². The lowest BCUT2D eigenvalue weighted by atomic mass is 10.1. The summed E-state index contributed by atoms with van der Waals surface area (Å²) in [5.41, 5.74) is 2.50. The van der Waals surface area contributed by atoms with Gasteiger partial charge in [0.25, 0.3) is 11.6 Å². The molecule has 0 radical (unpaired) electrons. The summed E-state index contributed by atoms with van der Waals surface area (Å²) < 4.78 is 11.6. The van der Waals surface area contributed by atoms with Gasteiger partial charge in [0.05, 0.1) is 28.5 Å². The summed E-state index contributed by atoms with van der Waals surface area (Å²) in [4.78, 5) is 28.5. The molecule has 0 saturated carbocycles. The predicted octanol–water partition coefficient (Wildman–Crippen LogP) is 5.28. The van der Waals surface area contributed by atoms with E-state index in [1.807, 2.05) is 38.1 Å². The number of aryl methyl sites for hydroxylation is 1. The van der Waals surface area contributed by atoms with Crippen molar-refractivity contribution in [2.24, 2.45) is 0 Å². The van der Waals surface area contributed by atoms with E-state index >= 15 is 0 Å². The lowest BCUT2D eigenvalue weighted by Crippen LogP contribution is -2.18. The van der Waals surface area contributed by atoms with Crippen LogP contribution < -0.4 is 15.4 Å². The number of anilines is 2. The Balaban J connectivity index is 1.50. The lowest BCUT2D eigenvalue weighted by molar-refractivity contribution is -0.384. The molecule has 2 aromatic carbocycles. The van der Waals surface area contributed by atoms with Crippen LogP contribution in [-0.4, -0.2) is 35.1 Å². The zero-order valence-corrected chi connectivity index (χ0v) is 19.7. The molecule has 1 fully saturated rings. The fourth-order valence-electron chi connectivity index (χ4n) is 3.89. The van der Waals surface area contributed by atoms with Crippen LogP contribution >= 0.6 is 0 Å². The molecule has 1 aliphatic rings. The number of nitrogens with zero attached hydrogens (tertiary/aromatic N) is 2. The molecule has 2 heterocycles. The fourth-order valence-corrected chi connectivity index (χ4v) is 3.89. The monoisotopic (exact) mass is 476 g/mol. The molecule has 4 rings (SSSR count). The van der Waals surface area contributed by atoms with Gasteiger partial charge in [-0.1, -0.05) is 12.1 Å². The van der Waals surface area contributed by atoms with Gasteiger partial charge in [-0.3, -0.25) is 19.9 Å². The number of pyridine rings is 1. The summed E-state index contributed by atoms with van der Waals surface area (Å²) >= 11 is 0. The summed E-state index contributed by atoms with van der Waals surface area (Å²) in [7, 11) is 0. The average molecular weight is 477 g/mol. The quantitative estimate of drug-likeness (QED) is 0.319. The molecule has 0 aliphatic carbocycles. The number of amides is 1. The molecule has 0 spiro atoms. The zero-order valence-electron chi connectivity index (χ0n) is 19.7. The van der Waals surface area contributed by atoms with Crippen molar-refractivity contribution in [1.82, 2.24) is 4.98 Å². The van der Waals surface area contributed by atoms with Crippen LogP contribution in [0.15, 0.2) is 60.8 Å². The minimum Gasteiger partial charge on any atom is -0.489 e. The highest BCUT2D eigenvalue weighted by Gasteiger charge is 2.21. The number of nitro benzene ring substituents is 1. The van der Waals surface area contributed by atoms with Gasteiger partial charge in [0.2, 0.25) is 0 Å². The Hall–Kier alpha value is -3.98. The third kappa shape index (κ3) is 6.13. The second-order valence-electron chi connectivity index (χ2n) is 8.51. The van der Waals surface area contributed by atoms with E-state index in [-0.39, 0.29) is 23.4 Å². The van der Waals surface area contributed by atoms with E-state index in [0.717, 1.165) is 30.7 Å². The van der Waals surface area contributed by atoms with E-state index in [4.69, 9.17) is 9.47 Å². The Bertz CT molecular complexity index is 1200. The fraction of sp³-hybridized carbons (Fsp3) is 0.308. The zero-order chi connectivity index (χ0) is 24.8. The van der Waals surface area contributed by atoms with Gasteiger partial charge < -0.3 is 20.1 Å². The minimum atomic E-state index is -0.508. The molecule has 1 saturated heterocycles. The second kappa shape index (κ2) is 11.0. The van der Waals surface area contributed by atoms with Gasteiger partial charge in [-0.05, 0) is 68.7 Å². The van der Waals surface area contributed by atoms with Crippen LogP contribution in [0.4, 0.5) is 17.1 Å². The van der Waals surface area contributed by atoms with Crippen molar-refractivity contribution in [3.05, 3.63) is 87.7 Å². The first-order chi connectivity index (χ1) is 16.9. The molecular weight excluding hydrogens is 448 g/mol. The van der Waals surface area contributed by atoms with E-state index in [1.54, 1.807) is 24.4 Å². The number of nitro groups is 1.